The lowest BCUT2D eigenvalue weighted by atomic mass is 10.6. The van der Waals surface area contributed by atoms with Gasteiger partial charge in [0.25, 0.3) is 0 Å². The molecule has 4 nitrogen and oxygen atoms in total. The zero-order valence-electron chi connectivity index (χ0n) is 7.91. The molecule has 0 fully saturated rings. The van der Waals surface area contributed by atoms with Gasteiger partial charge in [-0.2, -0.15) is 0 Å². The monoisotopic (exact) mass is 168 g/mol. The number of aryl methyl sites for hydroxylation is 2. The van der Waals surface area contributed by atoms with Gasteiger partial charge < -0.3 is 15.2 Å². The Morgan fingerprint density at radius 3 is 2.75 bits per heavy atom. The summed E-state index contributed by atoms with van der Waals surface area (Å²) in [5.41, 5.74) is 6.48. The minimum atomic E-state index is 0.655. The predicted molar refractivity (Wildman–Crippen MR) is 50.3 cm³/mol. The molecule has 1 heterocycles. The normalized spacial score (nSPS) is 10.3. The lowest BCUT2D eigenvalue weighted by Gasteiger charge is -2.16. The molecule has 0 aliphatic carbocycles. The molecule has 0 aliphatic rings. The molecule has 0 amide bonds. The number of hydrogen-bond acceptors (Lipinski definition) is 3. The van der Waals surface area contributed by atoms with Gasteiger partial charge in [-0.1, -0.05) is 0 Å². The molecule has 2 N–H and O–H groups in total. The van der Waals surface area contributed by atoms with Gasteiger partial charge in [-0.25, -0.2) is 4.98 Å². The first-order valence-corrected chi connectivity index (χ1v) is 4.06. The number of anilines is 1. The standard InChI is InChI=1S/C8H16N4/c1-7-6-12(3)8(10-7)11(2)5-4-9/h6H,4-5,9H2,1-3H3. The summed E-state index contributed by atoms with van der Waals surface area (Å²) in [4.78, 5) is 6.41. The summed E-state index contributed by atoms with van der Waals surface area (Å²) in [5.74, 6) is 0.970. The molecule has 1 aromatic rings. The van der Waals surface area contributed by atoms with Crippen molar-refractivity contribution >= 4 is 5.95 Å². The molecule has 1 aromatic heterocycles. The quantitative estimate of drug-likeness (QED) is 0.697. The molecule has 12 heavy (non-hydrogen) atoms. The van der Waals surface area contributed by atoms with E-state index in [1.807, 2.05) is 36.7 Å². The first kappa shape index (κ1) is 9.06. The first-order chi connectivity index (χ1) is 5.65. The highest BCUT2D eigenvalue weighted by atomic mass is 15.3. The molecule has 0 bridgehead atoms. The second-order valence-corrected chi connectivity index (χ2v) is 3.00. The Hall–Kier alpha value is -1.03. The van der Waals surface area contributed by atoms with Gasteiger partial charge >= 0.3 is 0 Å². The largest absolute Gasteiger partial charge is 0.344 e. The number of nitrogens with two attached hydrogens (primary N) is 1. The maximum atomic E-state index is 5.44. The smallest absolute Gasteiger partial charge is 0.205 e. The molecule has 68 valence electrons. The highest BCUT2D eigenvalue weighted by molar-refractivity contribution is 5.31. The Balaban J connectivity index is 2.79. The minimum absolute atomic E-state index is 0.655. The highest BCUT2D eigenvalue weighted by Gasteiger charge is 2.05. The number of nitrogens with zero attached hydrogens (tertiary/aromatic N) is 3. The zero-order chi connectivity index (χ0) is 9.14. The molecular weight excluding hydrogens is 152 g/mol. The molecule has 0 saturated heterocycles. The summed E-state index contributed by atoms with van der Waals surface area (Å²) in [6, 6.07) is 0. The third-order valence-electron chi connectivity index (χ3n) is 1.78. The Labute approximate surface area is 73.0 Å². The van der Waals surface area contributed by atoms with Gasteiger partial charge in [-0.15, -0.1) is 0 Å². The first-order valence-electron chi connectivity index (χ1n) is 4.06. The van der Waals surface area contributed by atoms with E-state index >= 15 is 0 Å². The molecule has 1 rings (SSSR count). The van der Waals surface area contributed by atoms with Crippen molar-refractivity contribution in [3.8, 4) is 0 Å². The van der Waals surface area contributed by atoms with Crippen molar-refractivity contribution < 1.29 is 0 Å². The molecule has 0 radical (unpaired) electrons. The predicted octanol–water partition coefficient (Wildman–Crippen LogP) is 0.123. The maximum Gasteiger partial charge on any atom is 0.205 e. The van der Waals surface area contributed by atoms with E-state index in [9.17, 15) is 0 Å². The van der Waals surface area contributed by atoms with Crippen molar-refractivity contribution in [2.45, 2.75) is 6.92 Å². The Morgan fingerprint density at radius 2 is 2.33 bits per heavy atom. The van der Waals surface area contributed by atoms with Crippen molar-refractivity contribution in [3.05, 3.63) is 11.9 Å². The second kappa shape index (κ2) is 3.58. The molecule has 0 saturated carbocycles. The minimum Gasteiger partial charge on any atom is -0.344 e. The summed E-state index contributed by atoms with van der Waals surface area (Å²) in [6.45, 7) is 3.48. The molecule has 0 unspecified atom stereocenters. The number of aromatic nitrogens is 2. The van der Waals surface area contributed by atoms with E-state index in [1.54, 1.807) is 0 Å². The van der Waals surface area contributed by atoms with Crippen LogP contribution in [0.2, 0.25) is 0 Å². The molecule has 0 spiro atoms. The Morgan fingerprint density at radius 1 is 1.67 bits per heavy atom. The van der Waals surface area contributed by atoms with Crippen LogP contribution in [-0.2, 0) is 7.05 Å². The van der Waals surface area contributed by atoms with Crippen LogP contribution < -0.4 is 10.6 Å². The molecule has 0 atom stereocenters. The van der Waals surface area contributed by atoms with Crippen LogP contribution in [0.1, 0.15) is 5.69 Å². The summed E-state index contributed by atoms with van der Waals surface area (Å²) < 4.78 is 2.00. The fourth-order valence-electron chi connectivity index (χ4n) is 1.25. The number of imidazole rings is 1. The van der Waals surface area contributed by atoms with Crippen molar-refractivity contribution in [3.63, 3.8) is 0 Å². The van der Waals surface area contributed by atoms with Crippen LogP contribution in [0.5, 0.6) is 0 Å². The summed E-state index contributed by atoms with van der Waals surface area (Å²) in [7, 11) is 3.98. The van der Waals surface area contributed by atoms with Gasteiger partial charge in [0.2, 0.25) is 5.95 Å². The fraction of sp³-hybridized carbons (Fsp3) is 0.625. The zero-order valence-corrected chi connectivity index (χ0v) is 7.91. The van der Waals surface area contributed by atoms with E-state index in [0.29, 0.717) is 6.54 Å². The number of likely N-dealkylation sites (N-methyl/N-ethyl adjacent to an activating group) is 1. The lowest BCUT2D eigenvalue weighted by Crippen LogP contribution is -2.27. The molecular formula is C8H16N4. The Bertz CT molecular complexity index is 254. The van der Waals surface area contributed by atoms with E-state index in [1.165, 1.54) is 0 Å². The Kier molecular flexibility index (Phi) is 2.70. The van der Waals surface area contributed by atoms with Crippen molar-refractivity contribution in [2.24, 2.45) is 12.8 Å². The molecule has 4 heteroatoms. The van der Waals surface area contributed by atoms with Crippen LogP contribution in [-0.4, -0.2) is 29.7 Å². The average molecular weight is 168 g/mol. The van der Waals surface area contributed by atoms with E-state index in [4.69, 9.17) is 5.73 Å². The molecule has 0 aromatic carbocycles. The second-order valence-electron chi connectivity index (χ2n) is 3.00. The van der Waals surface area contributed by atoms with Crippen molar-refractivity contribution in [1.29, 1.82) is 0 Å². The fourth-order valence-corrected chi connectivity index (χ4v) is 1.25. The van der Waals surface area contributed by atoms with Gasteiger partial charge in [0.15, 0.2) is 0 Å². The topological polar surface area (TPSA) is 47.1 Å². The van der Waals surface area contributed by atoms with Gasteiger partial charge in [-0.05, 0) is 6.92 Å². The SMILES string of the molecule is Cc1cn(C)c(N(C)CCN)n1. The van der Waals surface area contributed by atoms with Crippen LogP contribution in [0.3, 0.4) is 0 Å². The van der Waals surface area contributed by atoms with E-state index in [0.717, 1.165) is 18.2 Å². The lowest BCUT2D eigenvalue weighted by molar-refractivity contribution is 0.798. The summed E-state index contributed by atoms with van der Waals surface area (Å²) in [5, 5.41) is 0. The summed E-state index contributed by atoms with van der Waals surface area (Å²) >= 11 is 0. The van der Waals surface area contributed by atoms with Crippen LogP contribution in [0.25, 0.3) is 0 Å². The number of rotatable bonds is 3. The highest BCUT2D eigenvalue weighted by Crippen LogP contribution is 2.09. The van der Waals surface area contributed by atoms with E-state index in [2.05, 4.69) is 4.98 Å². The molecule has 0 aliphatic heterocycles. The third kappa shape index (κ3) is 1.76. The van der Waals surface area contributed by atoms with Gasteiger partial charge in [0, 0.05) is 33.4 Å². The van der Waals surface area contributed by atoms with E-state index < -0.39 is 0 Å². The van der Waals surface area contributed by atoms with Gasteiger partial charge in [0.05, 0.1) is 5.69 Å². The van der Waals surface area contributed by atoms with Crippen molar-refractivity contribution in [2.75, 3.05) is 25.0 Å². The van der Waals surface area contributed by atoms with Crippen LogP contribution >= 0.6 is 0 Å². The van der Waals surface area contributed by atoms with Crippen LogP contribution in [0, 0.1) is 6.92 Å². The van der Waals surface area contributed by atoms with Crippen molar-refractivity contribution in [1.82, 2.24) is 9.55 Å². The maximum absolute atomic E-state index is 5.44. The van der Waals surface area contributed by atoms with Gasteiger partial charge in [0.1, 0.15) is 0 Å². The van der Waals surface area contributed by atoms with E-state index in [-0.39, 0.29) is 0 Å². The number of hydrogen-bond donors (Lipinski definition) is 1. The van der Waals surface area contributed by atoms with Crippen LogP contribution in [0.15, 0.2) is 6.20 Å². The van der Waals surface area contributed by atoms with Gasteiger partial charge in [-0.3, -0.25) is 0 Å². The van der Waals surface area contributed by atoms with Crippen LogP contribution in [0.4, 0.5) is 5.95 Å². The summed E-state index contributed by atoms with van der Waals surface area (Å²) in [6.07, 6.45) is 2.00. The third-order valence-corrected chi connectivity index (χ3v) is 1.78. The average Bonchev–Trinajstić information content (AvgIpc) is 2.30.